The molecule has 6 nitrogen and oxygen atoms in total. The monoisotopic (exact) mass is 278 g/mol. The molecule has 2 aromatic carbocycles. The fraction of sp³-hybridized carbons (Fsp3) is 0. The van der Waals surface area contributed by atoms with Crippen LogP contribution in [0.2, 0.25) is 0 Å². The van der Waals surface area contributed by atoms with E-state index in [1.807, 2.05) is 60.7 Å². The fourth-order valence-electron chi connectivity index (χ4n) is 1.73. The van der Waals surface area contributed by atoms with Crippen molar-refractivity contribution in [2.75, 3.05) is 10.7 Å². The number of nitrogens with zero attached hydrogens (tertiary/aromatic N) is 3. The molecule has 0 bridgehead atoms. The molecule has 0 spiro atoms. The maximum Gasteiger partial charge on any atom is 0.248 e. The molecule has 3 N–H and O–H groups in total. The van der Waals surface area contributed by atoms with E-state index in [0.29, 0.717) is 11.9 Å². The summed E-state index contributed by atoms with van der Waals surface area (Å²) in [7, 11) is 0. The molecule has 0 aliphatic heterocycles. The fourth-order valence-corrected chi connectivity index (χ4v) is 1.73. The number of para-hydroxylation sites is 1. The SMILES string of the molecule is C(=N\Nc1nc(Nc2ccccc2)n[nH]1)/c1ccccc1. The third-order valence-electron chi connectivity index (χ3n) is 2.70. The molecule has 0 saturated heterocycles. The second-order valence-corrected chi connectivity index (χ2v) is 4.28. The van der Waals surface area contributed by atoms with Crippen LogP contribution in [0.1, 0.15) is 5.56 Å². The number of hydrazone groups is 1. The number of benzene rings is 2. The molecule has 0 radical (unpaired) electrons. The summed E-state index contributed by atoms with van der Waals surface area (Å²) < 4.78 is 0. The Morgan fingerprint density at radius 1 is 0.952 bits per heavy atom. The van der Waals surface area contributed by atoms with Gasteiger partial charge in [0, 0.05) is 5.69 Å². The third kappa shape index (κ3) is 3.66. The van der Waals surface area contributed by atoms with Crippen LogP contribution in [0, 0.1) is 0 Å². The van der Waals surface area contributed by atoms with Gasteiger partial charge in [0.1, 0.15) is 0 Å². The van der Waals surface area contributed by atoms with Gasteiger partial charge in [-0.25, -0.2) is 10.5 Å². The Labute approximate surface area is 121 Å². The maximum absolute atomic E-state index is 4.23. The highest BCUT2D eigenvalue weighted by Crippen LogP contribution is 2.12. The molecular formula is C15H14N6. The van der Waals surface area contributed by atoms with Crippen molar-refractivity contribution >= 4 is 23.8 Å². The highest BCUT2D eigenvalue weighted by atomic mass is 15.4. The van der Waals surface area contributed by atoms with Crippen molar-refractivity contribution in [3.63, 3.8) is 0 Å². The molecule has 0 unspecified atom stereocenters. The molecule has 21 heavy (non-hydrogen) atoms. The average Bonchev–Trinajstić information content (AvgIpc) is 2.97. The summed E-state index contributed by atoms with van der Waals surface area (Å²) in [4.78, 5) is 4.23. The van der Waals surface area contributed by atoms with E-state index in [9.17, 15) is 0 Å². The van der Waals surface area contributed by atoms with Gasteiger partial charge >= 0.3 is 0 Å². The van der Waals surface area contributed by atoms with E-state index in [1.54, 1.807) is 6.21 Å². The topological polar surface area (TPSA) is 78.0 Å². The standard InChI is InChI=1S/C15H14N6/c1-3-7-12(8-4-1)11-16-19-15-18-14(20-21-15)17-13-9-5-2-6-10-13/h1-11H,(H3,17,18,19,20,21)/b16-11+. The van der Waals surface area contributed by atoms with Crippen molar-refractivity contribution in [3.8, 4) is 0 Å². The predicted molar refractivity (Wildman–Crippen MR) is 83.8 cm³/mol. The summed E-state index contributed by atoms with van der Waals surface area (Å²) in [5, 5.41) is 14.0. The normalized spacial score (nSPS) is 10.7. The highest BCUT2D eigenvalue weighted by molar-refractivity contribution is 5.79. The van der Waals surface area contributed by atoms with Crippen LogP contribution in [-0.2, 0) is 0 Å². The van der Waals surface area contributed by atoms with Crippen LogP contribution in [0.4, 0.5) is 17.6 Å². The minimum atomic E-state index is 0.473. The summed E-state index contributed by atoms with van der Waals surface area (Å²) in [6.07, 6.45) is 1.72. The smallest absolute Gasteiger partial charge is 0.248 e. The van der Waals surface area contributed by atoms with Crippen molar-refractivity contribution in [2.24, 2.45) is 5.10 Å². The van der Waals surface area contributed by atoms with Crippen molar-refractivity contribution in [1.82, 2.24) is 15.2 Å². The highest BCUT2D eigenvalue weighted by Gasteiger charge is 2.01. The first-order valence-electron chi connectivity index (χ1n) is 6.49. The van der Waals surface area contributed by atoms with Gasteiger partial charge in [-0.1, -0.05) is 48.5 Å². The second kappa shape index (κ2) is 6.33. The van der Waals surface area contributed by atoms with Gasteiger partial charge in [-0.15, -0.1) is 5.10 Å². The molecule has 0 fully saturated rings. The summed E-state index contributed by atoms with van der Waals surface area (Å²) >= 11 is 0. The number of anilines is 3. The van der Waals surface area contributed by atoms with Crippen LogP contribution in [0.5, 0.6) is 0 Å². The maximum atomic E-state index is 4.23. The van der Waals surface area contributed by atoms with Crippen LogP contribution in [0.25, 0.3) is 0 Å². The van der Waals surface area contributed by atoms with Gasteiger partial charge in [0.25, 0.3) is 0 Å². The van der Waals surface area contributed by atoms with E-state index in [-0.39, 0.29) is 0 Å². The Bertz CT molecular complexity index is 705. The molecule has 6 heteroatoms. The lowest BCUT2D eigenvalue weighted by Crippen LogP contribution is -1.93. The lowest BCUT2D eigenvalue weighted by atomic mass is 10.2. The van der Waals surface area contributed by atoms with E-state index in [4.69, 9.17) is 0 Å². The van der Waals surface area contributed by atoms with Gasteiger partial charge in [-0.2, -0.15) is 10.1 Å². The number of aromatic nitrogens is 3. The molecule has 104 valence electrons. The average molecular weight is 278 g/mol. The summed E-state index contributed by atoms with van der Waals surface area (Å²) in [5.74, 6) is 0.958. The van der Waals surface area contributed by atoms with Crippen molar-refractivity contribution in [3.05, 3.63) is 66.2 Å². The Balaban J connectivity index is 1.59. The molecule has 1 heterocycles. The Morgan fingerprint density at radius 3 is 2.43 bits per heavy atom. The number of aromatic amines is 1. The minimum absolute atomic E-state index is 0.473. The number of hydrogen-bond donors (Lipinski definition) is 3. The number of hydrogen-bond acceptors (Lipinski definition) is 5. The van der Waals surface area contributed by atoms with Crippen LogP contribution in [0.3, 0.4) is 0 Å². The van der Waals surface area contributed by atoms with E-state index in [0.717, 1.165) is 11.3 Å². The zero-order chi connectivity index (χ0) is 14.3. The minimum Gasteiger partial charge on any atom is -0.323 e. The first-order chi connectivity index (χ1) is 10.4. The lowest BCUT2D eigenvalue weighted by molar-refractivity contribution is 1.08. The van der Waals surface area contributed by atoms with Crippen molar-refractivity contribution in [1.29, 1.82) is 0 Å². The molecule has 0 saturated carbocycles. The first kappa shape index (κ1) is 12.9. The number of rotatable bonds is 5. The van der Waals surface area contributed by atoms with E-state index >= 15 is 0 Å². The van der Waals surface area contributed by atoms with Crippen LogP contribution >= 0.6 is 0 Å². The Kier molecular flexibility index (Phi) is 3.88. The summed E-state index contributed by atoms with van der Waals surface area (Å²) in [5.41, 5.74) is 4.73. The zero-order valence-corrected chi connectivity index (χ0v) is 11.2. The molecular weight excluding hydrogens is 264 g/mol. The molecule has 3 aromatic rings. The van der Waals surface area contributed by atoms with Gasteiger partial charge in [0.2, 0.25) is 11.9 Å². The summed E-state index contributed by atoms with van der Waals surface area (Å²) in [6.45, 7) is 0. The van der Waals surface area contributed by atoms with Crippen molar-refractivity contribution in [2.45, 2.75) is 0 Å². The number of nitrogens with one attached hydrogen (secondary N) is 3. The van der Waals surface area contributed by atoms with Crippen LogP contribution in [0.15, 0.2) is 65.8 Å². The van der Waals surface area contributed by atoms with Gasteiger partial charge < -0.3 is 5.32 Å². The van der Waals surface area contributed by atoms with E-state index < -0.39 is 0 Å². The largest absolute Gasteiger partial charge is 0.323 e. The Morgan fingerprint density at radius 2 is 1.67 bits per heavy atom. The number of H-pyrrole nitrogens is 1. The molecule has 0 aliphatic rings. The Hall–Kier alpha value is -3.15. The van der Waals surface area contributed by atoms with Gasteiger partial charge in [-0.3, -0.25) is 0 Å². The van der Waals surface area contributed by atoms with Gasteiger partial charge in [0.15, 0.2) is 0 Å². The van der Waals surface area contributed by atoms with E-state index in [1.165, 1.54) is 0 Å². The molecule has 0 aliphatic carbocycles. The molecule has 0 atom stereocenters. The third-order valence-corrected chi connectivity index (χ3v) is 2.70. The van der Waals surface area contributed by atoms with Crippen molar-refractivity contribution < 1.29 is 0 Å². The molecule has 0 amide bonds. The second-order valence-electron chi connectivity index (χ2n) is 4.28. The molecule has 1 aromatic heterocycles. The van der Waals surface area contributed by atoms with Crippen LogP contribution in [-0.4, -0.2) is 21.4 Å². The predicted octanol–water partition coefficient (Wildman–Crippen LogP) is 2.99. The molecule has 3 rings (SSSR count). The zero-order valence-electron chi connectivity index (χ0n) is 11.2. The van der Waals surface area contributed by atoms with Crippen LogP contribution < -0.4 is 10.7 Å². The van der Waals surface area contributed by atoms with E-state index in [2.05, 4.69) is 31.0 Å². The van der Waals surface area contributed by atoms with Gasteiger partial charge in [-0.05, 0) is 17.7 Å². The van der Waals surface area contributed by atoms with Gasteiger partial charge in [0.05, 0.1) is 6.21 Å². The lowest BCUT2D eigenvalue weighted by Gasteiger charge is -1.99. The first-order valence-corrected chi connectivity index (χ1v) is 6.49. The quantitative estimate of drug-likeness (QED) is 0.495. The summed E-state index contributed by atoms with van der Waals surface area (Å²) in [6, 6.07) is 19.5.